The molecular weight excluding hydrogens is 152 g/mol. The van der Waals surface area contributed by atoms with Crippen LogP contribution in [0.25, 0.3) is 0 Å². The number of hydrogen-bond donors (Lipinski definition) is 2. The molecule has 1 unspecified atom stereocenters. The molecule has 0 saturated carbocycles. The van der Waals surface area contributed by atoms with Crippen molar-refractivity contribution in [3.05, 3.63) is 0 Å². The van der Waals surface area contributed by atoms with Gasteiger partial charge in [0.15, 0.2) is 0 Å². The Morgan fingerprint density at radius 1 is 1.33 bits per heavy atom. The van der Waals surface area contributed by atoms with Gasteiger partial charge in [0.05, 0.1) is 6.04 Å². The highest BCUT2D eigenvalue weighted by atomic mass is 16.2. The first-order chi connectivity index (χ1) is 4.76. The number of carbonyl (C=O) groups excluding carboxylic acids is 1. The van der Waals surface area contributed by atoms with Gasteiger partial charge in [0.2, 0.25) is 5.91 Å². The molecule has 0 spiro atoms. The third-order valence-corrected chi connectivity index (χ3v) is 1.42. The van der Waals surface area contributed by atoms with Crippen molar-refractivity contribution in [2.45, 2.75) is 41.2 Å². The summed E-state index contributed by atoms with van der Waals surface area (Å²) < 4.78 is 0. The minimum atomic E-state index is -0.0278. The quantitative estimate of drug-likeness (QED) is 0.679. The lowest BCUT2D eigenvalue weighted by atomic mass is 10.2. The molecule has 0 rings (SSSR count). The molecule has 2 N–H and O–H groups in total. The number of likely N-dealkylation sites (N-methyl/N-ethyl adjacent to an activating group) is 2. The van der Waals surface area contributed by atoms with Crippen LogP contribution in [0.3, 0.4) is 0 Å². The van der Waals surface area contributed by atoms with Gasteiger partial charge >= 0.3 is 0 Å². The molecule has 12 heavy (non-hydrogen) atoms. The molecule has 0 aliphatic carbocycles. The molecule has 0 saturated heterocycles. The lowest BCUT2D eigenvalue weighted by Crippen LogP contribution is -2.41. The minimum absolute atomic E-state index is 0. The summed E-state index contributed by atoms with van der Waals surface area (Å²) in [4.78, 5) is 11.0. The van der Waals surface area contributed by atoms with E-state index >= 15 is 0 Å². The van der Waals surface area contributed by atoms with Crippen molar-refractivity contribution in [2.24, 2.45) is 0 Å². The Labute approximate surface area is 76.9 Å². The molecule has 0 bridgehead atoms. The van der Waals surface area contributed by atoms with Crippen LogP contribution >= 0.6 is 0 Å². The van der Waals surface area contributed by atoms with E-state index in [9.17, 15) is 4.79 Å². The minimum Gasteiger partial charge on any atom is -0.355 e. The SMILES string of the molecule is C.C.CCNC(=O)C(CC)NC. The van der Waals surface area contributed by atoms with Crippen LogP contribution in [-0.2, 0) is 4.79 Å². The van der Waals surface area contributed by atoms with Crippen molar-refractivity contribution in [1.29, 1.82) is 0 Å². The van der Waals surface area contributed by atoms with Gasteiger partial charge in [-0.15, -0.1) is 0 Å². The van der Waals surface area contributed by atoms with Crippen LogP contribution < -0.4 is 10.6 Å². The first-order valence-corrected chi connectivity index (χ1v) is 3.71. The summed E-state index contributed by atoms with van der Waals surface area (Å²) in [6, 6.07) is -0.0278. The van der Waals surface area contributed by atoms with Crippen LogP contribution in [-0.4, -0.2) is 25.5 Å². The van der Waals surface area contributed by atoms with E-state index in [2.05, 4.69) is 10.6 Å². The smallest absolute Gasteiger partial charge is 0.237 e. The molecular formula is C9H24N2O. The molecule has 3 nitrogen and oxygen atoms in total. The van der Waals surface area contributed by atoms with Crippen LogP contribution in [0.4, 0.5) is 0 Å². The van der Waals surface area contributed by atoms with Gasteiger partial charge in [-0.25, -0.2) is 0 Å². The van der Waals surface area contributed by atoms with Crippen molar-refractivity contribution in [3.8, 4) is 0 Å². The molecule has 0 fully saturated rings. The summed E-state index contributed by atoms with van der Waals surface area (Å²) in [5, 5.41) is 5.67. The highest BCUT2D eigenvalue weighted by Crippen LogP contribution is 1.87. The Balaban J connectivity index is -0.000000405. The van der Waals surface area contributed by atoms with Crippen LogP contribution in [0.15, 0.2) is 0 Å². The number of amides is 1. The first-order valence-electron chi connectivity index (χ1n) is 3.71. The van der Waals surface area contributed by atoms with Gasteiger partial charge in [0.25, 0.3) is 0 Å². The second-order valence-electron chi connectivity index (χ2n) is 2.14. The van der Waals surface area contributed by atoms with Crippen LogP contribution in [0.2, 0.25) is 0 Å². The maximum absolute atomic E-state index is 11.0. The Bertz CT molecular complexity index is 101. The largest absolute Gasteiger partial charge is 0.355 e. The maximum Gasteiger partial charge on any atom is 0.237 e. The number of nitrogens with one attached hydrogen (secondary N) is 2. The van der Waals surface area contributed by atoms with Gasteiger partial charge in [0.1, 0.15) is 0 Å². The van der Waals surface area contributed by atoms with Gasteiger partial charge in [-0.3, -0.25) is 4.79 Å². The van der Waals surface area contributed by atoms with E-state index in [1.807, 2.05) is 13.8 Å². The van der Waals surface area contributed by atoms with E-state index in [4.69, 9.17) is 0 Å². The van der Waals surface area contributed by atoms with Gasteiger partial charge < -0.3 is 10.6 Å². The molecule has 1 atom stereocenters. The molecule has 0 aliphatic rings. The summed E-state index contributed by atoms with van der Waals surface area (Å²) in [5.41, 5.74) is 0. The number of rotatable bonds is 4. The average Bonchev–Trinajstić information content (AvgIpc) is 1.91. The van der Waals surface area contributed by atoms with E-state index in [1.54, 1.807) is 7.05 Å². The Kier molecular flexibility index (Phi) is 15.2. The van der Waals surface area contributed by atoms with E-state index in [-0.39, 0.29) is 26.8 Å². The zero-order chi connectivity index (χ0) is 7.98. The highest BCUT2D eigenvalue weighted by molar-refractivity contribution is 5.81. The summed E-state index contributed by atoms with van der Waals surface area (Å²) in [5.74, 6) is 0.0903. The van der Waals surface area contributed by atoms with E-state index in [1.165, 1.54) is 0 Å². The fraction of sp³-hybridized carbons (Fsp3) is 0.889. The fourth-order valence-electron chi connectivity index (χ4n) is 0.818. The third kappa shape index (κ3) is 6.16. The topological polar surface area (TPSA) is 41.1 Å². The summed E-state index contributed by atoms with van der Waals surface area (Å²) in [7, 11) is 1.80. The van der Waals surface area contributed by atoms with Gasteiger partial charge in [-0.1, -0.05) is 21.8 Å². The van der Waals surface area contributed by atoms with E-state index in [0.29, 0.717) is 6.54 Å². The van der Waals surface area contributed by atoms with E-state index < -0.39 is 0 Å². The summed E-state index contributed by atoms with van der Waals surface area (Å²) in [6.45, 7) is 4.60. The molecule has 0 aromatic rings. The summed E-state index contributed by atoms with van der Waals surface area (Å²) in [6.07, 6.45) is 0.836. The zero-order valence-electron chi connectivity index (χ0n) is 6.90. The predicted molar refractivity (Wildman–Crippen MR) is 55.3 cm³/mol. The lowest BCUT2D eigenvalue weighted by Gasteiger charge is -2.11. The normalized spacial score (nSPS) is 10.6. The molecule has 1 amide bonds. The van der Waals surface area contributed by atoms with Crippen molar-refractivity contribution in [2.75, 3.05) is 13.6 Å². The molecule has 0 aromatic carbocycles. The van der Waals surface area contributed by atoms with Crippen molar-refractivity contribution < 1.29 is 4.79 Å². The molecule has 0 radical (unpaired) electrons. The second kappa shape index (κ2) is 10.4. The number of carbonyl (C=O) groups is 1. The van der Waals surface area contributed by atoms with Crippen LogP contribution in [0.1, 0.15) is 35.1 Å². The molecule has 0 aromatic heterocycles. The Morgan fingerprint density at radius 2 is 1.83 bits per heavy atom. The fourth-order valence-corrected chi connectivity index (χ4v) is 0.818. The van der Waals surface area contributed by atoms with Gasteiger partial charge in [-0.2, -0.15) is 0 Å². The lowest BCUT2D eigenvalue weighted by molar-refractivity contribution is -0.122. The maximum atomic E-state index is 11.0. The second-order valence-corrected chi connectivity index (χ2v) is 2.14. The van der Waals surface area contributed by atoms with Crippen molar-refractivity contribution in [3.63, 3.8) is 0 Å². The summed E-state index contributed by atoms with van der Waals surface area (Å²) >= 11 is 0. The Hall–Kier alpha value is -0.570. The van der Waals surface area contributed by atoms with E-state index in [0.717, 1.165) is 6.42 Å². The molecule has 0 aliphatic heterocycles. The molecule has 0 heterocycles. The van der Waals surface area contributed by atoms with Gasteiger partial charge in [-0.05, 0) is 20.4 Å². The third-order valence-electron chi connectivity index (χ3n) is 1.42. The van der Waals surface area contributed by atoms with Gasteiger partial charge in [0, 0.05) is 6.54 Å². The standard InChI is InChI=1S/C7H16N2O.2CH4/c1-4-6(8-3)7(10)9-5-2;;/h6,8H,4-5H2,1-3H3,(H,9,10);2*1H4. The van der Waals surface area contributed by atoms with Crippen LogP contribution in [0.5, 0.6) is 0 Å². The zero-order valence-corrected chi connectivity index (χ0v) is 6.90. The monoisotopic (exact) mass is 176 g/mol. The Morgan fingerprint density at radius 3 is 2.08 bits per heavy atom. The van der Waals surface area contributed by atoms with Crippen molar-refractivity contribution >= 4 is 5.91 Å². The highest BCUT2D eigenvalue weighted by Gasteiger charge is 2.11. The number of hydrogen-bond acceptors (Lipinski definition) is 2. The predicted octanol–water partition coefficient (Wildman–Crippen LogP) is 1.39. The molecule has 3 heteroatoms. The first kappa shape index (κ1) is 17.5. The van der Waals surface area contributed by atoms with Crippen LogP contribution in [0, 0.1) is 0 Å². The van der Waals surface area contributed by atoms with Crippen molar-refractivity contribution in [1.82, 2.24) is 10.6 Å². The average molecular weight is 176 g/mol. The molecule has 76 valence electrons.